The van der Waals surface area contributed by atoms with E-state index in [1.165, 1.54) is 18.2 Å². The van der Waals surface area contributed by atoms with Crippen molar-refractivity contribution in [2.45, 2.75) is 18.3 Å². The molecule has 1 aliphatic heterocycles. The Bertz CT molecular complexity index is 831. The number of anilines is 1. The molecule has 2 amide bonds. The summed E-state index contributed by atoms with van der Waals surface area (Å²) >= 11 is 1.61. The summed E-state index contributed by atoms with van der Waals surface area (Å²) in [5, 5.41) is 18.0. The van der Waals surface area contributed by atoms with E-state index in [2.05, 4.69) is 10.6 Å². The molecule has 0 atom stereocenters. The zero-order valence-corrected chi connectivity index (χ0v) is 15.3. The number of thiophene rings is 1. The molecule has 2 heterocycles. The third-order valence-electron chi connectivity index (χ3n) is 4.64. The second kappa shape index (κ2) is 8.28. The normalized spacial score (nSPS) is 15.7. The fraction of sp³-hybridized carbons (Fsp3) is 0.333. The highest BCUT2D eigenvalue weighted by Crippen LogP contribution is 2.37. The molecule has 8 nitrogen and oxygen atoms in total. The van der Waals surface area contributed by atoms with Gasteiger partial charge >= 0.3 is 11.8 Å². The third-order valence-corrected chi connectivity index (χ3v) is 5.75. The number of nitro benzene ring substituents is 1. The van der Waals surface area contributed by atoms with E-state index in [9.17, 15) is 19.7 Å². The van der Waals surface area contributed by atoms with Crippen LogP contribution in [0.2, 0.25) is 0 Å². The van der Waals surface area contributed by atoms with Gasteiger partial charge in [0.15, 0.2) is 0 Å². The SMILES string of the molecule is O=C(NCC1(c2cccs2)CCOCC1)C(=O)Nc1ccccc1[N+](=O)[O-]. The minimum atomic E-state index is -0.933. The standard InChI is InChI=1S/C18H19N3O5S/c22-16(17(23)20-13-4-1-2-5-14(13)21(24)25)19-12-18(7-9-26-10-8-18)15-6-3-11-27-15/h1-6,11H,7-10,12H2,(H,19,22)(H,20,23). The smallest absolute Gasteiger partial charge is 0.313 e. The van der Waals surface area contributed by atoms with Gasteiger partial charge in [-0.3, -0.25) is 19.7 Å². The van der Waals surface area contributed by atoms with Crippen LogP contribution in [0.25, 0.3) is 0 Å². The van der Waals surface area contributed by atoms with E-state index in [0.717, 1.165) is 17.7 Å². The van der Waals surface area contributed by atoms with Crippen molar-refractivity contribution >= 4 is 34.5 Å². The first-order valence-electron chi connectivity index (χ1n) is 8.46. The number of nitrogens with zero attached hydrogens (tertiary/aromatic N) is 1. The molecular weight excluding hydrogens is 370 g/mol. The van der Waals surface area contributed by atoms with Crippen LogP contribution in [-0.2, 0) is 19.7 Å². The first-order valence-corrected chi connectivity index (χ1v) is 9.34. The Labute approximate surface area is 159 Å². The van der Waals surface area contributed by atoms with Gasteiger partial charge in [0, 0.05) is 36.1 Å². The van der Waals surface area contributed by atoms with E-state index in [-0.39, 0.29) is 16.8 Å². The highest BCUT2D eigenvalue weighted by atomic mass is 32.1. The average molecular weight is 389 g/mol. The predicted molar refractivity (Wildman–Crippen MR) is 101 cm³/mol. The minimum Gasteiger partial charge on any atom is -0.381 e. The summed E-state index contributed by atoms with van der Waals surface area (Å²) in [6, 6.07) is 9.67. The van der Waals surface area contributed by atoms with E-state index in [1.54, 1.807) is 17.4 Å². The van der Waals surface area contributed by atoms with Gasteiger partial charge in [-0.05, 0) is 30.4 Å². The second-order valence-electron chi connectivity index (χ2n) is 6.28. The van der Waals surface area contributed by atoms with E-state index in [1.807, 2.05) is 17.5 Å². The molecule has 2 N–H and O–H groups in total. The number of nitro groups is 1. The Morgan fingerprint density at radius 2 is 1.89 bits per heavy atom. The number of hydrogen-bond donors (Lipinski definition) is 2. The van der Waals surface area contributed by atoms with Crippen LogP contribution in [-0.4, -0.2) is 36.5 Å². The lowest BCUT2D eigenvalue weighted by Gasteiger charge is -2.36. The molecule has 1 fully saturated rings. The molecule has 27 heavy (non-hydrogen) atoms. The Morgan fingerprint density at radius 3 is 2.56 bits per heavy atom. The van der Waals surface area contributed by atoms with Crippen LogP contribution in [0.15, 0.2) is 41.8 Å². The number of carbonyl (C=O) groups excluding carboxylic acids is 2. The number of rotatable bonds is 5. The number of hydrogen-bond acceptors (Lipinski definition) is 6. The Hall–Kier alpha value is -2.78. The van der Waals surface area contributed by atoms with Crippen molar-refractivity contribution in [1.29, 1.82) is 0 Å². The number of ether oxygens (including phenoxy) is 1. The van der Waals surface area contributed by atoms with Crippen LogP contribution in [0.3, 0.4) is 0 Å². The quantitative estimate of drug-likeness (QED) is 0.464. The molecule has 142 valence electrons. The molecule has 0 spiro atoms. The fourth-order valence-electron chi connectivity index (χ4n) is 3.10. The zero-order valence-electron chi connectivity index (χ0n) is 14.5. The van der Waals surface area contributed by atoms with Gasteiger partial charge in [0.05, 0.1) is 4.92 Å². The topological polar surface area (TPSA) is 111 Å². The Morgan fingerprint density at radius 1 is 1.15 bits per heavy atom. The summed E-state index contributed by atoms with van der Waals surface area (Å²) in [5.74, 6) is -1.76. The van der Waals surface area contributed by atoms with Crippen LogP contribution >= 0.6 is 11.3 Å². The maximum absolute atomic E-state index is 12.3. The molecular formula is C18H19N3O5S. The molecule has 0 bridgehead atoms. The number of para-hydroxylation sites is 2. The molecule has 0 radical (unpaired) electrons. The van der Waals surface area contributed by atoms with Crippen molar-refractivity contribution < 1.29 is 19.2 Å². The Balaban J connectivity index is 1.66. The van der Waals surface area contributed by atoms with Gasteiger partial charge in [-0.2, -0.15) is 0 Å². The molecule has 1 saturated heterocycles. The molecule has 1 aliphatic rings. The van der Waals surface area contributed by atoms with E-state index in [4.69, 9.17) is 4.74 Å². The second-order valence-corrected chi connectivity index (χ2v) is 7.23. The van der Waals surface area contributed by atoms with Crippen LogP contribution in [0.5, 0.6) is 0 Å². The van der Waals surface area contributed by atoms with Crippen LogP contribution in [0.4, 0.5) is 11.4 Å². The molecule has 1 aromatic carbocycles. The van der Waals surface area contributed by atoms with Crippen molar-refractivity contribution in [2.75, 3.05) is 25.1 Å². The monoisotopic (exact) mass is 389 g/mol. The molecule has 9 heteroatoms. The van der Waals surface area contributed by atoms with Gasteiger partial charge in [0.1, 0.15) is 5.69 Å². The summed E-state index contributed by atoms with van der Waals surface area (Å²) in [5.41, 5.74) is -0.541. The van der Waals surface area contributed by atoms with Gasteiger partial charge in [0.25, 0.3) is 5.69 Å². The zero-order chi connectivity index (χ0) is 19.3. The summed E-state index contributed by atoms with van der Waals surface area (Å²) < 4.78 is 5.44. The molecule has 3 rings (SSSR count). The van der Waals surface area contributed by atoms with Crippen molar-refractivity contribution in [3.8, 4) is 0 Å². The Kier molecular flexibility index (Phi) is 5.82. The number of benzene rings is 1. The predicted octanol–water partition coefficient (Wildman–Crippen LogP) is 2.46. The molecule has 0 unspecified atom stereocenters. The van der Waals surface area contributed by atoms with Gasteiger partial charge in [0.2, 0.25) is 0 Å². The maximum atomic E-state index is 12.3. The molecule has 0 saturated carbocycles. The van der Waals surface area contributed by atoms with E-state index in [0.29, 0.717) is 19.8 Å². The lowest BCUT2D eigenvalue weighted by atomic mass is 9.78. The first-order chi connectivity index (χ1) is 13.0. The number of amides is 2. The van der Waals surface area contributed by atoms with Crippen molar-refractivity contribution in [3.63, 3.8) is 0 Å². The fourth-order valence-corrected chi connectivity index (χ4v) is 4.09. The third kappa shape index (κ3) is 4.32. The molecule has 2 aromatic rings. The van der Waals surface area contributed by atoms with Gasteiger partial charge in [-0.25, -0.2) is 0 Å². The average Bonchev–Trinajstić information content (AvgIpc) is 3.22. The lowest BCUT2D eigenvalue weighted by Crippen LogP contribution is -2.46. The lowest BCUT2D eigenvalue weighted by molar-refractivity contribution is -0.383. The van der Waals surface area contributed by atoms with Crippen molar-refractivity contribution in [1.82, 2.24) is 5.32 Å². The van der Waals surface area contributed by atoms with Crippen molar-refractivity contribution in [2.24, 2.45) is 0 Å². The van der Waals surface area contributed by atoms with Gasteiger partial charge < -0.3 is 15.4 Å². The largest absolute Gasteiger partial charge is 0.381 e. The summed E-state index contributed by atoms with van der Waals surface area (Å²) in [6.07, 6.45) is 1.50. The molecule has 1 aromatic heterocycles. The van der Waals surface area contributed by atoms with Crippen LogP contribution < -0.4 is 10.6 Å². The highest BCUT2D eigenvalue weighted by molar-refractivity contribution is 7.10. The van der Waals surface area contributed by atoms with E-state index < -0.39 is 16.7 Å². The molecule has 0 aliphatic carbocycles. The summed E-state index contributed by atoms with van der Waals surface area (Å²) in [7, 11) is 0. The highest BCUT2D eigenvalue weighted by Gasteiger charge is 2.36. The summed E-state index contributed by atoms with van der Waals surface area (Å²) in [4.78, 5) is 36.0. The number of carbonyl (C=O) groups is 2. The van der Waals surface area contributed by atoms with Crippen LogP contribution in [0.1, 0.15) is 17.7 Å². The van der Waals surface area contributed by atoms with Crippen molar-refractivity contribution in [3.05, 3.63) is 56.8 Å². The summed E-state index contributed by atoms with van der Waals surface area (Å²) in [6.45, 7) is 1.49. The van der Waals surface area contributed by atoms with Crippen LogP contribution in [0, 0.1) is 10.1 Å². The minimum absolute atomic E-state index is 0.0123. The first kappa shape index (κ1) is 19.0. The van der Waals surface area contributed by atoms with Gasteiger partial charge in [-0.15, -0.1) is 11.3 Å². The van der Waals surface area contributed by atoms with E-state index >= 15 is 0 Å². The number of nitrogens with one attached hydrogen (secondary N) is 2. The maximum Gasteiger partial charge on any atom is 0.313 e. The van der Waals surface area contributed by atoms with Gasteiger partial charge in [-0.1, -0.05) is 18.2 Å².